The maximum atomic E-state index is 12.4. The highest BCUT2D eigenvalue weighted by atomic mass is 16.5. The Kier molecular flexibility index (Phi) is 17.9. The number of likely N-dealkylation sites (N-methyl/N-ethyl adjacent to an activating group) is 1. The fourth-order valence-corrected chi connectivity index (χ4v) is 4.64. The molecule has 2 N–H and O–H groups in total. The molecule has 2 heterocycles. The van der Waals surface area contributed by atoms with Crippen molar-refractivity contribution >= 4 is 35.0 Å². The number of carbonyl (C=O) groups is 2. The molecule has 0 saturated carbocycles. The molecule has 1 atom stereocenters. The molecule has 1 aromatic carbocycles. The van der Waals surface area contributed by atoms with Crippen molar-refractivity contribution in [2.45, 2.75) is 86.5 Å². The summed E-state index contributed by atoms with van der Waals surface area (Å²) in [6.07, 6.45) is 7.35. The summed E-state index contributed by atoms with van der Waals surface area (Å²) in [6.45, 7) is 14.4. The van der Waals surface area contributed by atoms with Crippen LogP contribution in [-0.4, -0.2) is 69.8 Å². The Hall–Kier alpha value is -3.40. The topological polar surface area (TPSA) is 109 Å². The van der Waals surface area contributed by atoms with Gasteiger partial charge in [-0.25, -0.2) is 4.98 Å². The molecule has 2 amide bonds. The molecule has 0 bridgehead atoms. The standard InChI is InChI=1S/C29H44N6O3.C2H6O.C2H6/c1-7-20(4)13-14-25(36)30-15-16-35(9-3)29-31-19-21(8-2)28(33-29)32-23-17-22-11-10-12-26(37)34(5)27(22)24(18-23)38-6;1-3-2;1-2/h17-20H,7-16H2,1-6H3,(H,30,36)(H,31,32,33);1-2H3;1-2H3. The number of amides is 2. The van der Waals surface area contributed by atoms with E-state index in [0.29, 0.717) is 43.5 Å². The minimum absolute atomic E-state index is 0.0930. The van der Waals surface area contributed by atoms with Gasteiger partial charge >= 0.3 is 0 Å². The number of hydrogen-bond acceptors (Lipinski definition) is 8. The maximum Gasteiger partial charge on any atom is 0.227 e. The molecule has 1 aliphatic rings. The normalized spacial score (nSPS) is 12.9. The number of fused-ring (bicyclic) bond motifs is 1. The Morgan fingerprint density at radius 3 is 2.44 bits per heavy atom. The van der Waals surface area contributed by atoms with Crippen molar-refractivity contribution in [1.82, 2.24) is 15.3 Å². The summed E-state index contributed by atoms with van der Waals surface area (Å²) in [4.78, 5) is 37.9. The number of aromatic nitrogens is 2. The number of nitrogens with one attached hydrogen (secondary N) is 2. The third-order valence-electron chi connectivity index (χ3n) is 7.35. The summed E-state index contributed by atoms with van der Waals surface area (Å²) in [7, 11) is 6.69. The van der Waals surface area contributed by atoms with Crippen molar-refractivity contribution in [3.63, 3.8) is 0 Å². The van der Waals surface area contributed by atoms with Gasteiger partial charge in [0.25, 0.3) is 0 Å². The summed E-state index contributed by atoms with van der Waals surface area (Å²) in [5, 5.41) is 6.52. The molecule has 0 radical (unpaired) electrons. The smallest absolute Gasteiger partial charge is 0.227 e. The Bertz CT molecular complexity index is 1130. The predicted molar refractivity (Wildman–Crippen MR) is 178 cm³/mol. The second-order valence-electron chi connectivity index (χ2n) is 10.4. The van der Waals surface area contributed by atoms with E-state index in [-0.39, 0.29) is 11.8 Å². The molecule has 0 saturated heterocycles. The second-order valence-corrected chi connectivity index (χ2v) is 10.4. The first kappa shape index (κ1) is 37.6. The summed E-state index contributed by atoms with van der Waals surface area (Å²) >= 11 is 0. The van der Waals surface area contributed by atoms with Gasteiger partial charge in [-0.3, -0.25) is 9.59 Å². The molecule has 0 fully saturated rings. The monoisotopic (exact) mass is 600 g/mol. The number of rotatable bonds is 13. The minimum Gasteiger partial charge on any atom is -0.494 e. The van der Waals surface area contributed by atoms with Gasteiger partial charge in [0.2, 0.25) is 17.8 Å². The maximum absolute atomic E-state index is 12.4. The van der Waals surface area contributed by atoms with Crippen LogP contribution in [0.4, 0.5) is 23.1 Å². The van der Waals surface area contributed by atoms with Gasteiger partial charge < -0.3 is 29.9 Å². The summed E-state index contributed by atoms with van der Waals surface area (Å²) in [5.74, 6) is 2.78. The number of anilines is 4. The lowest BCUT2D eigenvalue weighted by molar-refractivity contribution is -0.121. The molecule has 2 aromatic rings. The van der Waals surface area contributed by atoms with Crippen molar-refractivity contribution in [2.75, 3.05) is 63.1 Å². The number of ether oxygens (including phenoxy) is 2. The van der Waals surface area contributed by atoms with E-state index >= 15 is 0 Å². The third kappa shape index (κ3) is 11.7. The zero-order chi connectivity index (χ0) is 32.4. The first-order valence-corrected chi connectivity index (χ1v) is 15.7. The van der Waals surface area contributed by atoms with Crippen LogP contribution in [0.5, 0.6) is 5.75 Å². The lowest BCUT2D eigenvalue weighted by atomic mass is 10.0. The van der Waals surface area contributed by atoms with Crippen molar-refractivity contribution < 1.29 is 19.1 Å². The zero-order valence-electron chi connectivity index (χ0n) is 28.3. The lowest BCUT2D eigenvalue weighted by Crippen LogP contribution is -2.36. The van der Waals surface area contributed by atoms with Gasteiger partial charge in [-0.15, -0.1) is 0 Å². The van der Waals surface area contributed by atoms with Crippen molar-refractivity contribution in [1.29, 1.82) is 0 Å². The van der Waals surface area contributed by atoms with E-state index in [2.05, 4.69) is 59.0 Å². The van der Waals surface area contributed by atoms with Crippen molar-refractivity contribution in [3.8, 4) is 5.75 Å². The Labute approximate surface area is 259 Å². The largest absolute Gasteiger partial charge is 0.494 e. The minimum atomic E-state index is 0.0930. The van der Waals surface area contributed by atoms with Gasteiger partial charge in [-0.1, -0.05) is 41.0 Å². The van der Waals surface area contributed by atoms with Crippen LogP contribution in [0.25, 0.3) is 0 Å². The highest BCUT2D eigenvalue weighted by molar-refractivity contribution is 5.96. The molecular weight excluding hydrogens is 544 g/mol. The average molecular weight is 601 g/mol. The van der Waals surface area contributed by atoms with Gasteiger partial charge in [0, 0.05) is 77.3 Å². The quantitative estimate of drug-likeness (QED) is 0.282. The van der Waals surface area contributed by atoms with E-state index in [1.165, 1.54) is 0 Å². The van der Waals surface area contributed by atoms with E-state index in [1.54, 1.807) is 26.2 Å². The van der Waals surface area contributed by atoms with Crippen molar-refractivity contribution in [2.24, 2.45) is 5.92 Å². The van der Waals surface area contributed by atoms with Crippen LogP contribution >= 0.6 is 0 Å². The third-order valence-corrected chi connectivity index (χ3v) is 7.35. The number of benzene rings is 1. The van der Waals surface area contributed by atoms with Crippen LogP contribution in [0.15, 0.2) is 18.3 Å². The summed E-state index contributed by atoms with van der Waals surface area (Å²) in [6, 6.07) is 4.00. The fourth-order valence-electron chi connectivity index (χ4n) is 4.64. The first-order chi connectivity index (χ1) is 20.7. The SMILES string of the molecule is CC.CCc1cnc(N(CC)CCNC(=O)CCC(C)CC)nc1Nc1cc2c(c(OC)c1)N(C)C(=O)CCC2.COC. The van der Waals surface area contributed by atoms with Crippen LogP contribution in [0.2, 0.25) is 0 Å². The van der Waals surface area contributed by atoms with E-state index in [9.17, 15) is 9.59 Å². The molecular formula is C33H56N6O4. The van der Waals surface area contributed by atoms with Gasteiger partial charge in [0.1, 0.15) is 11.6 Å². The van der Waals surface area contributed by atoms with E-state index in [0.717, 1.165) is 67.0 Å². The molecule has 0 aliphatic carbocycles. The summed E-state index contributed by atoms with van der Waals surface area (Å²) < 4.78 is 9.94. The Morgan fingerprint density at radius 1 is 1.14 bits per heavy atom. The van der Waals surface area contributed by atoms with Crippen molar-refractivity contribution in [3.05, 3.63) is 29.5 Å². The molecule has 3 rings (SSSR count). The average Bonchev–Trinajstić information content (AvgIpc) is 3.16. The number of carbonyl (C=O) groups excluding carboxylic acids is 2. The van der Waals surface area contributed by atoms with Gasteiger partial charge in [0.05, 0.1) is 12.8 Å². The van der Waals surface area contributed by atoms with Crippen LogP contribution in [0.1, 0.15) is 84.8 Å². The molecule has 1 unspecified atom stereocenters. The van der Waals surface area contributed by atoms with Crippen LogP contribution in [-0.2, 0) is 27.2 Å². The van der Waals surface area contributed by atoms with Gasteiger partial charge in [0.15, 0.2) is 0 Å². The number of nitrogens with zero attached hydrogens (tertiary/aromatic N) is 4. The fraction of sp³-hybridized carbons (Fsp3) is 0.636. The lowest BCUT2D eigenvalue weighted by Gasteiger charge is -2.23. The van der Waals surface area contributed by atoms with Gasteiger partial charge in [-0.2, -0.15) is 4.98 Å². The Balaban J connectivity index is 0.00000174. The molecule has 1 aliphatic heterocycles. The summed E-state index contributed by atoms with van der Waals surface area (Å²) in [5.41, 5.74) is 3.78. The molecule has 10 heteroatoms. The molecule has 0 spiro atoms. The van der Waals surface area contributed by atoms with Crippen LogP contribution < -0.4 is 25.2 Å². The zero-order valence-corrected chi connectivity index (χ0v) is 28.3. The van der Waals surface area contributed by atoms with E-state index in [1.807, 2.05) is 33.2 Å². The Morgan fingerprint density at radius 2 is 1.84 bits per heavy atom. The highest BCUT2D eigenvalue weighted by Crippen LogP contribution is 2.39. The number of methoxy groups -OCH3 is 2. The molecule has 10 nitrogen and oxygen atoms in total. The molecule has 242 valence electrons. The van der Waals surface area contributed by atoms with E-state index < -0.39 is 0 Å². The van der Waals surface area contributed by atoms with E-state index in [4.69, 9.17) is 9.72 Å². The molecule has 43 heavy (non-hydrogen) atoms. The highest BCUT2D eigenvalue weighted by Gasteiger charge is 2.24. The van der Waals surface area contributed by atoms with Crippen LogP contribution in [0, 0.1) is 5.92 Å². The second kappa shape index (κ2) is 20.5. The first-order valence-electron chi connectivity index (χ1n) is 15.7. The van der Waals surface area contributed by atoms with Gasteiger partial charge in [-0.05, 0) is 50.2 Å². The molecule has 1 aromatic heterocycles. The van der Waals surface area contributed by atoms with Crippen LogP contribution in [0.3, 0.4) is 0 Å². The number of aryl methyl sites for hydroxylation is 2. The number of hydrogen-bond donors (Lipinski definition) is 2. The predicted octanol–water partition coefficient (Wildman–Crippen LogP) is 6.15.